The second-order valence-corrected chi connectivity index (χ2v) is 8.71. The Kier molecular flexibility index (Phi) is 4.33. The first-order valence-corrected chi connectivity index (χ1v) is 9.38. The van der Waals surface area contributed by atoms with Crippen molar-refractivity contribution in [2.75, 3.05) is 0 Å². The molecule has 4 aliphatic rings. The standard InChI is InChI=1S/C18H32BNO3/c1-6-8-13(12(7-2)16(20)21)19-22-15-10-11-9-14(17(11,3)4)18(15,5)23-19/h11-15H,6-10H2,1-5H3,(H2,20,21)/t11-,12?,13+,14-,15+,18-/m0/s1. The van der Waals surface area contributed by atoms with Crippen molar-refractivity contribution in [3.63, 3.8) is 0 Å². The molecule has 5 heteroatoms. The molecule has 0 aromatic heterocycles. The number of carbonyl (C=O) groups is 1. The molecular formula is C18H32BNO3. The van der Waals surface area contributed by atoms with E-state index in [1.165, 1.54) is 6.42 Å². The third kappa shape index (κ3) is 2.46. The monoisotopic (exact) mass is 321 g/mol. The Morgan fingerprint density at radius 2 is 2.00 bits per heavy atom. The zero-order valence-electron chi connectivity index (χ0n) is 15.3. The van der Waals surface area contributed by atoms with Gasteiger partial charge in [0.25, 0.3) is 0 Å². The molecule has 2 bridgehead atoms. The Bertz CT molecular complexity index is 483. The molecule has 1 aliphatic heterocycles. The fourth-order valence-corrected chi connectivity index (χ4v) is 5.66. The van der Waals surface area contributed by atoms with Gasteiger partial charge in [-0.1, -0.05) is 40.5 Å². The molecule has 4 nitrogen and oxygen atoms in total. The lowest BCUT2D eigenvalue weighted by Crippen LogP contribution is -2.65. The molecule has 6 atom stereocenters. The molecule has 1 unspecified atom stereocenters. The zero-order valence-corrected chi connectivity index (χ0v) is 15.3. The number of rotatable bonds is 6. The van der Waals surface area contributed by atoms with Gasteiger partial charge in [0.2, 0.25) is 5.91 Å². The maximum Gasteiger partial charge on any atom is 0.461 e. The van der Waals surface area contributed by atoms with Gasteiger partial charge in [0.05, 0.1) is 11.7 Å². The average molecular weight is 321 g/mol. The van der Waals surface area contributed by atoms with Crippen LogP contribution in [-0.2, 0) is 14.1 Å². The second-order valence-electron chi connectivity index (χ2n) is 8.71. The lowest BCUT2D eigenvalue weighted by atomic mass is 9.43. The van der Waals surface area contributed by atoms with E-state index >= 15 is 0 Å². The van der Waals surface area contributed by atoms with Crippen LogP contribution in [0.5, 0.6) is 0 Å². The van der Waals surface area contributed by atoms with Crippen molar-refractivity contribution >= 4 is 13.0 Å². The maximum absolute atomic E-state index is 11.9. The maximum atomic E-state index is 11.9. The summed E-state index contributed by atoms with van der Waals surface area (Å²) in [5.74, 6) is 0.995. The predicted octanol–water partition coefficient (Wildman–Crippen LogP) is 3.40. The molecule has 1 amide bonds. The summed E-state index contributed by atoms with van der Waals surface area (Å²) in [4.78, 5) is 11.9. The Balaban J connectivity index is 1.81. The average Bonchev–Trinajstić information content (AvgIpc) is 2.83. The minimum absolute atomic E-state index is 0.0743. The summed E-state index contributed by atoms with van der Waals surface area (Å²) in [7, 11) is -0.280. The van der Waals surface area contributed by atoms with E-state index in [0.717, 1.165) is 31.6 Å². The van der Waals surface area contributed by atoms with Crippen molar-refractivity contribution in [1.82, 2.24) is 0 Å². The molecule has 2 N–H and O–H groups in total. The lowest BCUT2D eigenvalue weighted by molar-refractivity contribution is -0.199. The summed E-state index contributed by atoms with van der Waals surface area (Å²) in [5, 5.41) is 0. The van der Waals surface area contributed by atoms with E-state index in [0.29, 0.717) is 11.3 Å². The van der Waals surface area contributed by atoms with Gasteiger partial charge in [-0.15, -0.1) is 0 Å². The quantitative estimate of drug-likeness (QED) is 0.763. The Labute approximate surface area is 141 Å². The molecular weight excluding hydrogens is 289 g/mol. The summed E-state index contributed by atoms with van der Waals surface area (Å²) in [6.45, 7) is 11.1. The molecule has 0 spiro atoms. The normalized spacial score (nSPS) is 40.2. The molecule has 4 fully saturated rings. The van der Waals surface area contributed by atoms with Crippen LogP contribution in [0, 0.1) is 23.2 Å². The summed E-state index contributed by atoms with van der Waals surface area (Å²) in [6, 6.07) is 0. The van der Waals surface area contributed by atoms with E-state index in [1.807, 2.05) is 6.92 Å². The zero-order chi connectivity index (χ0) is 17.0. The van der Waals surface area contributed by atoms with E-state index in [4.69, 9.17) is 15.0 Å². The van der Waals surface area contributed by atoms with Crippen LogP contribution in [0.2, 0.25) is 5.82 Å². The SMILES string of the molecule is CCC[C@@H](B1O[C@@H]2C[C@@H]3C[C@@H](C3(C)C)[C@]2(C)O1)C(CC)C(N)=O. The summed E-state index contributed by atoms with van der Waals surface area (Å²) < 4.78 is 12.9. The van der Waals surface area contributed by atoms with Crippen LogP contribution in [0.4, 0.5) is 0 Å². The van der Waals surface area contributed by atoms with Crippen LogP contribution in [0.15, 0.2) is 0 Å². The van der Waals surface area contributed by atoms with Crippen LogP contribution in [0.3, 0.4) is 0 Å². The van der Waals surface area contributed by atoms with Crippen molar-refractivity contribution in [2.45, 2.75) is 84.2 Å². The molecule has 23 heavy (non-hydrogen) atoms. The number of carbonyl (C=O) groups excluding carboxylic acids is 1. The fourth-order valence-electron chi connectivity index (χ4n) is 5.66. The van der Waals surface area contributed by atoms with Crippen LogP contribution < -0.4 is 5.73 Å². The Morgan fingerprint density at radius 3 is 2.52 bits per heavy atom. The van der Waals surface area contributed by atoms with Gasteiger partial charge in [-0.3, -0.25) is 4.79 Å². The number of nitrogens with two attached hydrogens (primary N) is 1. The van der Waals surface area contributed by atoms with Crippen molar-refractivity contribution < 1.29 is 14.1 Å². The minimum Gasteiger partial charge on any atom is -0.405 e. The van der Waals surface area contributed by atoms with Crippen molar-refractivity contribution in [1.29, 1.82) is 0 Å². The number of hydrogen-bond donors (Lipinski definition) is 1. The highest BCUT2D eigenvalue weighted by atomic mass is 16.7. The summed E-state index contributed by atoms with van der Waals surface area (Å²) in [6.07, 6.45) is 5.20. The number of primary amides is 1. The third-order valence-electron chi connectivity index (χ3n) is 7.26. The van der Waals surface area contributed by atoms with E-state index < -0.39 is 0 Å². The lowest BCUT2D eigenvalue weighted by Gasteiger charge is -2.64. The van der Waals surface area contributed by atoms with Gasteiger partial charge < -0.3 is 15.0 Å². The first-order valence-electron chi connectivity index (χ1n) is 9.38. The van der Waals surface area contributed by atoms with Crippen LogP contribution in [-0.4, -0.2) is 24.7 Å². The van der Waals surface area contributed by atoms with E-state index in [2.05, 4.69) is 27.7 Å². The van der Waals surface area contributed by atoms with Gasteiger partial charge in [0.1, 0.15) is 0 Å². The van der Waals surface area contributed by atoms with Gasteiger partial charge in [0, 0.05) is 11.7 Å². The minimum atomic E-state index is -0.280. The Morgan fingerprint density at radius 1 is 1.30 bits per heavy atom. The largest absolute Gasteiger partial charge is 0.461 e. The summed E-state index contributed by atoms with van der Waals surface area (Å²) in [5.41, 5.74) is 5.80. The first-order chi connectivity index (χ1) is 10.8. The topological polar surface area (TPSA) is 61.6 Å². The molecule has 0 aromatic carbocycles. The molecule has 1 heterocycles. The molecule has 4 rings (SSSR count). The van der Waals surface area contributed by atoms with Gasteiger partial charge in [0.15, 0.2) is 0 Å². The molecule has 130 valence electrons. The second kappa shape index (κ2) is 5.77. The fraction of sp³-hybridized carbons (Fsp3) is 0.944. The highest BCUT2D eigenvalue weighted by Crippen LogP contribution is 2.66. The first kappa shape index (κ1) is 17.3. The van der Waals surface area contributed by atoms with Crippen LogP contribution in [0.1, 0.15) is 66.7 Å². The highest BCUT2D eigenvalue weighted by Gasteiger charge is 2.68. The van der Waals surface area contributed by atoms with E-state index in [1.54, 1.807) is 0 Å². The number of hydrogen-bond acceptors (Lipinski definition) is 3. The van der Waals surface area contributed by atoms with Gasteiger partial charge in [-0.2, -0.15) is 0 Å². The number of amides is 1. The van der Waals surface area contributed by atoms with Crippen LogP contribution in [0.25, 0.3) is 0 Å². The van der Waals surface area contributed by atoms with Crippen molar-refractivity contribution in [2.24, 2.45) is 28.9 Å². The Hall–Kier alpha value is -0.545. The molecule has 3 aliphatic carbocycles. The van der Waals surface area contributed by atoms with Gasteiger partial charge >= 0.3 is 7.12 Å². The third-order valence-corrected chi connectivity index (χ3v) is 7.26. The molecule has 3 saturated carbocycles. The smallest absolute Gasteiger partial charge is 0.405 e. The molecule has 0 aromatic rings. The van der Waals surface area contributed by atoms with Crippen molar-refractivity contribution in [3.8, 4) is 0 Å². The van der Waals surface area contributed by atoms with Gasteiger partial charge in [-0.05, 0) is 43.4 Å². The van der Waals surface area contributed by atoms with Crippen molar-refractivity contribution in [3.05, 3.63) is 0 Å². The van der Waals surface area contributed by atoms with Gasteiger partial charge in [-0.25, -0.2) is 0 Å². The van der Waals surface area contributed by atoms with E-state index in [-0.39, 0.29) is 36.5 Å². The van der Waals surface area contributed by atoms with E-state index in [9.17, 15) is 4.79 Å². The summed E-state index contributed by atoms with van der Waals surface area (Å²) >= 11 is 0. The highest BCUT2D eigenvalue weighted by molar-refractivity contribution is 6.48. The molecule has 0 radical (unpaired) electrons. The predicted molar refractivity (Wildman–Crippen MR) is 91.7 cm³/mol. The van der Waals surface area contributed by atoms with Crippen LogP contribution >= 0.6 is 0 Å². The molecule has 1 saturated heterocycles.